The lowest BCUT2D eigenvalue weighted by atomic mass is 9.73. The number of nitrogens with zero attached hydrogens (tertiary/aromatic N) is 2. The first-order valence-electron chi connectivity index (χ1n) is 21.5. The van der Waals surface area contributed by atoms with Crippen molar-refractivity contribution in [1.82, 2.24) is 10.2 Å². The highest BCUT2D eigenvalue weighted by Crippen LogP contribution is 2.51. The predicted molar refractivity (Wildman–Crippen MR) is 233 cm³/mol. The zero-order valence-electron chi connectivity index (χ0n) is 33.5. The predicted octanol–water partition coefficient (Wildman–Crippen LogP) is 7.15. The second-order valence-corrected chi connectivity index (χ2v) is 20.2. The smallest absolute Gasteiger partial charge is 0.187 e. The van der Waals surface area contributed by atoms with Gasteiger partial charge in [0, 0.05) is 72.7 Å². The highest BCUT2D eigenvalue weighted by molar-refractivity contribution is 8.76. The van der Waals surface area contributed by atoms with Gasteiger partial charge in [0.1, 0.15) is 18.0 Å². The number of aliphatic imine (C=N–C) groups is 1. The molecule has 2 aromatic carbocycles. The summed E-state index contributed by atoms with van der Waals surface area (Å²) in [5.41, 5.74) is 15.6. The van der Waals surface area contributed by atoms with Crippen LogP contribution in [0.1, 0.15) is 110 Å². The molecule has 7 heterocycles. The van der Waals surface area contributed by atoms with E-state index in [4.69, 9.17) is 20.2 Å². The van der Waals surface area contributed by atoms with Crippen LogP contribution in [0.3, 0.4) is 0 Å². The zero-order chi connectivity index (χ0) is 40.3. The molecule has 5 N–H and O–H groups in total. The molecule has 0 saturated heterocycles. The first-order valence-corrected chi connectivity index (χ1v) is 23.9. The van der Waals surface area contributed by atoms with Crippen molar-refractivity contribution in [3.63, 3.8) is 0 Å². The Kier molecular flexibility index (Phi) is 10.7. The first-order chi connectivity index (χ1) is 28.7. The highest BCUT2D eigenvalue weighted by atomic mass is 33.1. The van der Waals surface area contributed by atoms with Crippen molar-refractivity contribution in [1.29, 1.82) is 0 Å². The Balaban J connectivity index is 1.09. The monoisotopic (exact) mass is 828 g/mol. The third-order valence-electron chi connectivity index (χ3n) is 14.0. The largest absolute Gasteiger partial charge is 0.465 e. The van der Waals surface area contributed by atoms with Gasteiger partial charge in [0.15, 0.2) is 17.7 Å². The minimum absolute atomic E-state index is 0.0199. The number of Topliss-reactive ketones (excluding diaryl/α,β-unsaturated/α-hetero) is 1. The standard InChI is InChI=1S/C48H52N4O5S2/c1-28-4-6-30(7-5-28)42(55)21-33(53)10-8-29-9-15-43-45-38(29)27-59-58-26-32-23-51-46(49)35-12-11-34-36(44(32)35)20-31-22-50-40-25-52(24-37(31)40)47(57-45)39(13-14-41(34)54)48(18-19-56-43)16-2-3-17-48/h4,6,9,11-12,15,22,24,28,30,32,39,41-42,46-47,51,54-55H,2-3,5,7-8,10,16-17,20-21,23,25-27,49H2,1H3/t28-,30-,32-,39-,41+,42-,46-,47-/m0/s1. The van der Waals surface area contributed by atoms with Crippen LogP contribution in [0.15, 0.2) is 65.0 Å². The van der Waals surface area contributed by atoms with Gasteiger partial charge < -0.3 is 30.3 Å². The number of ether oxygens (including phenoxy) is 2. The van der Waals surface area contributed by atoms with Gasteiger partial charge in [-0.2, -0.15) is 0 Å². The number of allylic oxidation sites excluding steroid dienone is 2. The molecule has 11 heteroatoms. The molecule has 59 heavy (non-hydrogen) atoms. The SMILES string of the molecule is C[C@H]1C=C[C@H]([C@@H](O)CC(=O)CCc2ccc3c4c2CSSC[C@@H]2CN[C@H](N)c5ccc6c(c52)CC2=CN=C5CN(C=C25)[C@@H](O4)[C@H](C#C[C@H]6O)C2(C#CO3)CCCC2)CC1. The van der Waals surface area contributed by atoms with Crippen LogP contribution in [0.5, 0.6) is 11.5 Å². The number of benzene rings is 2. The van der Waals surface area contributed by atoms with Gasteiger partial charge in [-0.05, 0) is 77.5 Å². The van der Waals surface area contributed by atoms with Crippen molar-refractivity contribution in [2.75, 3.05) is 18.8 Å². The maximum Gasteiger partial charge on any atom is 0.187 e. The molecular formula is C48H52N4O5S2. The van der Waals surface area contributed by atoms with E-state index in [1.807, 2.05) is 29.1 Å². The zero-order valence-corrected chi connectivity index (χ0v) is 35.2. The summed E-state index contributed by atoms with van der Waals surface area (Å²) in [6.07, 6.45) is 16.3. The molecule has 1 fully saturated rings. The van der Waals surface area contributed by atoms with E-state index in [1.54, 1.807) is 10.8 Å². The summed E-state index contributed by atoms with van der Waals surface area (Å²) < 4.78 is 13.8. The van der Waals surface area contributed by atoms with Gasteiger partial charge in [-0.3, -0.25) is 15.1 Å². The summed E-state index contributed by atoms with van der Waals surface area (Å²) in [6, 6.07) is 8.11. The molecule has 9 aliphatic rings. The molecule has 7 aliphatic heterocycles. The van der Waals surface area contributed by atoms with Crippen LogP contribution < -0.4 is 20.5 Å². The lowest BCUT2D eigenvalue weighted by Crippen LogP contribution is -2.47. The molecule has 1 saturated carbocycles. The molecule has 0 radical (unpaired) electrons. The maximum absolute atomic E-state index is 13.5. The second-order valence-electron chi connectivity index (χ2n) is 17.7. The maximum atomic E-state index is 13.5. The average molecular weight is 829 g/mol. The van der Waals surface area contributed by atoms with E-state index >= 15 is 0 Å². The Morgan fingerprint density at radius 3 is 2.83 bits per heavy atom. The van der Waals surface area contributed by atoms with Crippen molar-refractivity contribution in [3.05, 3.63) is 93.3 Å². The number of aliphatic hydroxyl groups excluding tert-OH is 2. The van der Waals surface area contributed by atoms with Crippen LogP contribution in [-0.2, 0) is 23.4 Å². The van der Waals surface area contributed by atoms with E-state index < -0.39 is 29.8 Å². The molecule has 2 aromatic rings. The first kappa shape index (κ1) is 39.2. The van der Waals surface area contributed by atoms with Crippen LogP contribution in [0.2, 0.25) is 0 Å². The number of rotatable bonds is 6. The number of carbonyl (C=O) groups excluding carboxylic acids is 1. The molecular weight excluding hydrogens is 777 g/mol. The number of aliphatic hydroxyl groups is 2. The van der Waals surface area contributed by atoms with Crippen molar-refractivity contribution in [2.45, 2.75) is 107 Å². The Morgan fingerprint density at radius 1 is 1.12 bits per heavy atom. The topological polar surface area (TPSA) is 130 Å². The van der Waals surface area contributed by atoms with Crippen LogP contribution in [0, 0.1) is 47.0 Å². The van der Waals surface area contributed by atoms with E-state index in [0.717, 1.165) is 89.0 Å². The molecule has 306 valence electrons. The lowest BCUT2D eigenvalue weighted by molar-refractivity contribution is -0.121. The summed E-state index contributed by atoms with van der Waals surface area (Å²) in [5, 5.41) is 26.8. The average Bonchev–Trinajstić information content (AvgIpc) is 3.98. The van der Waals surface area contributed by atoms with Crippen molar-refractivity contribution in [3.8, 4) is 35.4 Å². The van der Waals surface area contributed by atoms with E-state index in [2.05, 4.69) is 71.5 Å². The number of hydrogen-bond acceptors (Lipinski definition) is 11. The van der Waals surface area contributed by atoms with Gasteiger partial charge in [-0.1, -0.05) is 89.5 Å². The quantitative estimate of drug-likeness (QED) is 0.136. The van der Waals surface area contributed by atoms with Gasteiger partial charge in [0.25, 0.3) is 0 Å². The molecule has 8 atom stereocenters. The Bertz CT molecular complexity index is 2310. The second kappa shape index (κ2) is 16.2. The Morgan fingerprint density at radius 2 is 1.98 bits per heavy atom. The number of nitrogens with two attached hydrogens (primary N) is 1. The molecule has 11 rings (SSSR count). The fraction of sp³-hybridized carbons (Fsp3) is 0.500. The summed E-state index contributed by atoms with van der Waals surface area (Å²) in [6.45, 7) is 3.46. The fourth-order valence-electron chi connectivity index (χ4n) is 10.6. The number of ketones is 1. The van der Waals surface area contributed by atoms with E-state index in [0.29, 0.717) is 55.5 Å². The van der Waals surface area contributed by atoms with E-state index in [-0.39, 0.29) is 30.2 Å². The highest BCUT2D eigenvalue weighted by Gasteiger charge is 2.49. The van der Waals surface area contributed by atoms with E-state index in [9.17, 15) is 15.0 Å². The molecule has 0 aromatic heterocycles. The number of carbonyl (C=O) groups is 1. The van der Waals surface area contributed by atoms with Crippen molar-refractivity contribution < 1.29 is 24.5 Å². The number of hydrogen-bond donors (Lipinski definition) is 4. The van der Waals surface area contributed by atoms with Crippen LogP contribution in [0.25, 0.3) is 0 Å². The lowest BCUT2D eigenvalue weighted by Gasteiger charge is -2.39. The molecule has 9 nitrogen and oxygen atoms in total. The van der Waals surface area contributed by atoms with Gasteiger partial charge in [0.2, 0.25) is 0 Å². The molecule has 0 amide bonds. The Labute approximate surface area is 355 Å². The van der Waals surface area contributed by atoms with Crippen LogP contribution >= 0.6 is 21.6 Å². The minimum Gasteiger partial charge on any atom is -0.465 e. The number of aryl methyl sites for hydroxylation is 1. The minimum atomic E-state index is -1.03. The molecule has 0 unspecified atom stereocenters. The van der Waals surface area contributed by atoms with Gasteiger partial charge in [-0.15, -0.1) is 0 Å². The van der Waals surface area contributed by atoms with E-state index in [1.165, 1.54) is 5.56 Å². The number of fused-ring (bicyclic) bond motifs is 4. The molecule has 2 aliphatic carbocycles. The molecule has 8 bridgehead atoms. The summed E-state index contributed by atoms with van der Waals surface area (Å²) in [7, 11) is 3.59. The molecule has 1 spiro atoms. The summed E-state index contributed by atoms with van der Waals surface area (Å²) in [4.78, 5) is 20.8. The third kappa shape index (κ3) is 7.36. The van der Waals surface area contributed by atoms with Gasteiger partial charge in [0.05, 0.1) is 35.9 Å². The normalized spacial score (nSPS) is 30.1. The van der Waals surface area contributed by atoms with Crippen molar-refractivity contribution in [2.24, 2.45) is 33.9 Å². The Hall–Kier alpha value is -3.94. The van der Waals surface area contributed by atoms with Gasteiger partial charge >= 0.3 is 0 Å². The summed E-state index contributed by atoms with van der Waals surface area (Å²) in [5.74, 6) is 13.6. The fourth-order valence-corrected chi connectivity index (χ4v) is 13.0. The number of nitrogens with one attached hydrogen (secondary N) is 1. The van der Waals surface area contributed by atoms with Gasteiger partial charge in [-0.25, -0.2) is 0 Å². The third-order valence-corrected chi connectivity index (χ3v) is 16.4. The van der Waals surface area contributed by atoms with Crippen molar-refractivity contribution >= 4 is 33.1 Å². The van der Waals surface area contributed by atoms with Crippen LogP contribution in [-0.4, -0.2) is 57.8 Å². The van der Waals surface area contributed by atoms with Crippen LogP contribution in [0.4, 0.5) is 0 Å². The summed E-state index contributed by atoms with van der Waals surface area (Å²) >= 11 is 0.